The summed E-state index contributed by atoms with van der Waals surface area (Å²) < 4.78 is 6.64. The molecule has 2 rings (SSSR count). The van der Waals surface area contributed by atoms with Crippen molar-refractivity contribution in [1.29, 1.82) is 0 Å². The van der Waals surface area contributed by atoms with E-state index in [1.165, 1.54) is 30.0 Å². The van der Waals surface area contributed by atoms with Gasteiger partial charge in [0.1, 0.15) is 11.4 Å². The molecule has 0 unspecified atom stereocenters. The summed E-state index contributed by atoms with van der Waals surface area (Å²) in [4.78, 5) is 10.3. The van der Waals surface area contributed by atoms with Gasteiger partial charge in [-0.1, -0.05) is 0 Å². The van der Waals surface area contributed by atoms with E-state index in [-0.39, 0.29) is 12.3 Å². The van der Waals surface area contributed by atoms with Crippen LogP contribution in [0.1, 0.15) is 11.3 Å². The van der Waals surface area contributed by atoms with Crippen LogP contribution in [0.2, 0.25) is 0 Å². The Hall–Kier alpha value is -2.41. The van der Waals surface area contributed by atoms with Gasteiger partial charge in [0.05, 0.1) is 24.3 Å². The summed E-state index contributed by atoms with van der Waals surface area (Å²) in [6.07, 6.45) is 1.62. The number of aliphatic hydroxyl groups is 1. The van der Waals surface area contributed by atoms with Crippen LogP contribution in [0, 0.1) is 17.0 Å². The molecule has 0 aliphatic carbocycles. The van der Waals surface area contributed by atoms with Crippen LogP contribution in [0.15, 0.2) is 24.4 Å². The van der Waals surface area contributed by atoms with Gasteiger partial charge in [0.2, 0.25) is 0 Å². The molecule has 1 aromatic carbocycles. The lowest BCUT2D eigenvalue weighted by Crippen LogP contribution is -2.00. The van der Waals surface area contributed by atoms with Crippen molar-refractivity contribution in [3.63, 3.8) is 0 Å². The number of benzene rings is 1. The molecule has 0 spiro atoms. The lowest BCUT2D eigenvalue weighted by atomic mass is 10.2. The second kappa shape index (κ2) is 5.07. The third-order valence-electron chi connectivity index (χ3n) is 2.79. The van der Waals surface area contributed by atoms with E-state index in [0.717, 1.165) is 0 Å². The molecule has 0 saturated carbocycles. The number of methoxy groups -OCH3 is 1. The number of nitro benzene ring substituents is 1. The van der Waals surface area contributed by atoms with Crippen molar-refractivity contribution in [2.24, 2.45) is 0 Å². The van der Waals surface area contributed by atoms with E-state index in [1.807, 2.05) is 0 Å². The second-order valence-electron chi connectivity index (χ2n) is 3.96. The van der Waals surface area contributed by atoms with Crippen molar-refractivity contribution in [3.05, 3.63) is 45.8 Å². The van der Waals surface area contributed by atoms with Gasteiger partial charge in [-0.25, -0.2) is 4.68 Å². The predicted octanol–water partition coefficient (Wildman–Crippen LogP) is 1.59. The number of aromatic nitrogens is 2. The molecule has 0 aliphatic heterocycles. The van der Waals surface area contributed by atoms with E-state index in [2.05, 4.69) is 5.10 Å². The zero-order valence-corrected chi connectivity index (χ0v) is 10.5. The maximum atomic E-state index is 10.8. The highest BCUT2D eigenvalue weighted by atomic mass is 16.6. The summed E-state index contributed by atoms with van der Waals surface area (Å²) in [7, 11) is 1.48. The molecule has 7 heteroatoms. The van der Waals surface area contributed by atoms with Crippen molar-refractivity contribution >= 4 is 5.69 Å². The van der Waals surface area contributed by atoms with Gasteiger partial charge in [-0.05, 0) is 13.0 Å². The van der Waals surface area contributed by atoms with Crippen LogP contribution in [-0.4, -0.2) is 26.9 Å². The molecule has 0 saturated heterocycles. The first kappa shape index (κ1) is 13.0. The van der Waals surface area contributed by atoms with Gasteiger partial charge in [0, 0.05) is 23.9 Å². The molecule has 0 fully saturated rings. The number of rotatable bonds is 4. The molecule has 0 bridgehead atoms. The molecule has 7 nitrogen and oxygen atoms in total. The molecule has 0 radical (unpaired) electrons. The zero-order chi connectivity index (χ0) is 14.0. The Balaban J connectivity index is 2.57. The molecule has 0 amide bonds. The first-order valence-electron chi connectivity index (χ1n) is 5.55. The summed E-state index contributed by atoms with van der Waals surface area (Å²) in [5, 5.41) is 24.2. The number of aryl methyl sites for hydroxylation is 1. The third kappa shape index (κ3) is 2.41. The normalized spacial score (nSPS) is 10.5. The van der Waals surface area contributed by atoms with Crippen molar-refractivity contribution in [2.75, 3.05) is 7.11 Å². The number of non-ortho nitro benzene ring substituents is 1. The van der Waals surface area contributed by atoms with Gasteiger partial charge in [0.25, 0.3) is 5.69 Å². The minimum absolute atomic E-state index is 0.0468. The Morgan fingerprint density at radius 1 is 1.53 bits per heavy atom. The average molecular weight is 263 g/mol. The predicted molar refractivity (Wildman–Crippen MR) is 67.4 cm³/mol. The van der Waals surface area contributed by atoms with Gasteiger partial charge in [-0.3, -0.25) is 10.1 Å². The topological polar surface area (TPSA) is 90.4 Å². The highest BCUT2D eigenvalue weighted by Crippen LogP contribution is 2.27. The van der Waals surface area contributed by atoms with E-state index in [4.69, 9.17) is 9.84 Å². The van der Waals surface area contributed by atoms with Crippen LogP contribution in [0.5, 0.6) is 5.75 Å². The summed E-state index contributed by atoms with van der Waals surface area (Å²) in [6.45, 7) is 1.62. The molecule has 100 valence electrons. The number of hydrogen-bond acceptors (Lipinski definition) is 5. The second-order valence-corrected chi connectivity index (χ2v) is 3.96. The molecule has 0 aliphatic rings. The van der Waals surface area contributed by atoms with Crippen molar-refractivity contribution < 1.29 is 14.8 Å². The van der Waals surface area contributed by atoms with Crippen LogP contribution >= 0.6 is 0 Å². The molecule has 1 N–H and O–H groups in total. The van der Waals surface area contributed by atoms with Crippen molar-refractivity contribution in [2.45, 2.75) is 13.5 Å². The van der Waals surface area contributed by atoms with Gasteiger partial charge >= 0.3 is 0 Å². The summed E-state index contributed by atoms with van der Waals surface area (Å²) in [5.74, 6) is 0.470. The number of nitro groups is 1. The first-order chi connectivity index (χ1) is 9.06. The van der Waals surface area contributed by atoms with E-state index in [1.54, 1.807) is 13.1 Å². The maximum absolute atomic E-state index is 10.8. The zero-order valence-electron chi connectivity index (χ0n) is 10.5. The fourth-order valence-corrected chi connectivity index (χ4v) is 1.75. The lowest BCUT2D eigenvalue weighted by molar-refractivity contribution is -0.384. The fraction of sp³-hybridized carbons (Fsp3) is 0.250. The average Bonchev–Trinajstić information content (AvgIpc) is 2.79. The van der Waals surface area contributed by atoms with Crippen LogP contribution in [-0.2, 0) is 6.61 Å². The fourth-order valence-electron chi connectivity index (χ4n) is 1.75. The highest BCUT2D eigenvalue weighted by Gasteiger charge is 2.15. The highest BCUT2D eigenvalue weighted by molar-refractivity contribution is 5.53. The van der Waals surface area contributed by atoms with E-state index >= 15 is 0 Å². The molecule has 1 aromatic heterocycles. The Kier molecular flexibility index (Phi) is 3.48. The molecular formula is C12H13N3O4. The molecular weight excluding hydrogens is 250 g/mol. The minimum atomic E-state index is -0.480. The van der Waals surface area contributed by atoms with Gasteiger partial charge in [0.15, 0.2) is 0 Å². The molecule has 1 heterocycles. The SMILES string of the molecule is COc1ccc([N+](=O)[O-])cc1-n1cc(CO)c(C)n1. The largest absolute Gasteiger partial charge is 0.494 e. The van der Waals surface area contributed by atoms with Crippen LogP contribution < -0.4 is 4.74 Å². The number of hydrogen-bond donors (Lipinski definition) is 1. The summed E-state index contributed by atoms with van der Waals surface area (Å²) in [6, 6.07) is 4.27. The number of ether oxygens (including phenoxy) is 1. The van der Waals surface area contributed by atoms with E-state index < -0.39 is 4.92 Å². The molecule has 0 atom stereocenters. The van der Waals surface area contributed by atoms with Gasteiger partial charge in [-0.2, -0.15) is 5.10 Å². The third-order valence-corrected chi connectivity index (χ3v) is 2.79. The summed E-state index contributed by atoms with van der Waals surface area (Å²) >= 11 is 0. The Morgan fingerprint density at radius 3 is 2.79 bits per heavy atom. The Labute approximate surface area is 109 Å². The lowest BCUT2D eigenvalue weighted by Gasteiger charge is -2.07. The standard InChI is InChI=1S/C12H13N3O4/c1-8-9(7-16)6-14(13-8)11-5-10(15(17)18)3-4-12(11)19-2/h3-6,16H,7H2,1-2H3. The number of aliphatic hydroxyl groups excluding tert-OH is 1. The van der Waals surface area contributed by atoms with Gasteiger partial charge in [-0.15, -0.1) is 0 Å². The maximum Gasteiger partial charge on any atom is 0.271 e. The molecule has 19 heavy (non-hydrogen) atoms. The van der Waals surface area contributed by atoms with Crippen LogP contribution in [0.3, 0.4) is 0 Å². The van der Waals surface area contributed by atoms with Crippen molar-refractivity contribution in [1.82, 2.24) is 9.78 Å². The van der Waals surface area contributed by atoms with Crippen LogP contribution in [0.4, 0.5) is 5.69 Å². The Morgan fingerprint density at radius 2 is 2.26 bits per heavy atom. The number of nitrogens with zero attached hydrogens (tertiary/aromatic N) is 3. The van der Waals surface area contributed by atoms with Gasteiger partial charge < -0.3 is 9.84 Å². The smallest absolute Gasteiger partial charge is 0.271 e. The molecule has 2 aromatic rings. The summed E-state index contributed by atoms with van der Waals surface area (Å²) in [5.41, 5.74) is 1.73. The van der Waals surface area contributed by atoms with Crippen LogP contribution in [0.25, 0.3) is 5.69 Å². The quantitative estimate of drug-likeness (QED) is 0.668. The first-order valence-corrected chi connectivity index (χ1v) is 5.55. The Bertz CT molecular complexity index is 621. The van der Waals surface area contributed by atoms with Crippen molar-refractivity contribution in [3.8, 4) is 11.4 Å². The minimum Gasteiger partial charge on any atom is -0.494 e. The van der Waals surface area contributed by atoms with E-state index in [0.29, 0.717) is 22.7 Å². The monoisotopic (exact) mass is 263 g/mol. The van der Waals surface area contributed by atoms with E-state index in [9.17, 15) is 10.1 Å².